The molecule has 1 heterocycles. The first-order valence-electron chi connectivity index (χ1n) is 5.12. The van der Waals surface area contributed by atoms with E-state index in [9.17, 15) is 0 Å². The van der Waals surface area contributed by atoms with Crippen molar-refractivity contribution >= 4 is 16.3 Å². The van der Waals surface area contributed by atoms with Crippen LogP contribution in [0.15, 0.2) is 23.6 Å². The Morgan fingerprint density at radius 1 is 1.19 bits per heavy atom. The zero-order valence-corrected chi connectivity index (χ0v) is 10.5. The van der Waals surface area contributed by atoms with Crippen LogP contribution >= 0.6 is 11.3 Å². The Hall–Kier alpha value is -1.48. The first-order valence-corrected chi connectivity index (χ1v) is 6.00. The van der Waals surface area contributed by atoms with Gasteiger partial charge in [0.05, 0.1) is 12.1 Å². The molecule has 84 valence electrons. The number of anilines is 1. The van der Waals surface area contributed by atoms with Gasteiger partial charge in [0, 0.05) is 5.38 Å². The second-order valence-corrected chi connectivity index (χ2v) is 4.75. The lowest BCUT2D eigenvalue weighted by atomic mass is 9.98. The maximum atomic E-state index is 5.75. The molecule has 0 spiro atoms. The fourth-order valence-electron chi connectivity index (χ4n) is 1.82. The minimum atomic E-state index is 0.850. The first-order chi connectivity index (χ1) is 7.63. The Balaban J connectivity index is 2.55. The molecule has 0 saturated heterocycles. The summed E-state index contributed by atoms with van der Waals surface area (Å²) in [5.41, 5.74) is 10.6. The van der Waals surface area contributed by atoms with Crippen molar-refractivity contribution in [2.45, 2.75) is 13.8 Å². The van der Waals surface area contributed by atoms with Gasteiger partial charge in [0.15, 0.2) is 0 Å². The molecule has 0 saturated carbocycles. The predicted molar refractivity (Wildman–Crippen MR) is 70.2 cm³/mol. The smallest absolute Gasteiger partial charge is 0.122 e. The van der Waals surface area contributed by atoms with E-state index in [2.05, 4.69) is 25.3 Å². The van der Waals surface area contributed by atoms with Crippen molar-refractivity contribution in [1.29, 1.82) is 0 Å². The maximum Gasteiger partial charge on any atom is 0.122 e. The third-order valence-corrected chi connectivity index (χ3v) is 3.65. The third-order valence-electron chi connectivity index (χ3n) is 2.89. The van der Waals surface area contributed by atoms with E-state index in [-0.39, 0.29) is 0 Å². The van der Waals surface area contributed by atoms with E-state index in [1.54, 1.807) is 18.4 Å². The molecule has 1 aromatic heterocycles. The minimum absolute atomic E-state index is 0.850. The summed E-state index contributed by atoms with van der Waals surface area (Å²) >= 11 is 1.57. The van der Waals surface area contributed by atoms with Gasteiger partial charge >= 0.3 is 0 Å². The Morgan fingerprint density at radius 2 is 1.94 bits per heavy atom. The molecule has 2 aromatic rings. The fourth-order valence-corrected chi connectivity index (χ4v) is 2.48. The van der Waals surface area contributed by atoms with Crippen LogP contribution in [0.3, 0.4) is 0 Å². The van der Waals surface area contributed by atoms with Crippen LogP contribution in [0.2, 0.25) is 0 Å². The average molecular weight is 233 g/mol. The van der Waals surface area contributed by atoms with Gasteiger partial charge in [-0.05, 0) is 48.2 Å². The zero-order valence-electron chi connectivity index (χ0n) is 9.70. The van der Waals surface area contributed by atoms with Crippen molar-refractivity contribution < 1.29 is 4.74 Å². The van der Waals surface area contributed by atoms with Crippen LogP contribution in [-0.4, -0.2) is 7.11 Å². The summed E-state index contributed by atoms with van der Waals surface area (Å²) in [5.74, 6) is 0.935. The standard InChI is InChI=1S/C13H15NOS/c1-8-9(2)12(15-3)5-4-11(8)10-6-13(14)16-7-10/h4-7H,14H2,1-3H3. The summed E-state index contributed by atoms with van der Waals surface area (Å²) in [5, 5.41) is 2.94. The van der Waals surface area contributed by atoms with E-state index in [1.165, 1.54) is 22.3 Å². The molecule has 0 atom stereocenters. The van der Waals surface area contributed by atoms with Crippen LogP contribution in [-0.2, 0) is 0 Å². The van der Waals surface area contributed by atoms with Gasteiger partial charge in [0.1, 0.15) is 5.75 Å². The summed E-state index contributed by atoms with van der Waals surface area (Å²) in [7, 11) is 1.70. The average Bonchev–Trinajstić information content (AvgIpc) is 2.69. The third kappa shape index (κ3) is 1.78. The second kappa shape index (κ2) is 4.18. The molecule has 0 aliphatic carbocycles. The molecular weight excluding hydrogens is 218 g/mol. The lowest BCUT2D eigenvalue weighted by Gasteiger charge is -2.11. The SMILES string of the molecule is COc1ccc(-c2csc(N)c2)c(C)c1C. The van der Waals surface area contributed by atoms with Crippen molar-refractivity contribution in [3.8, 4) is 16.9 Å². The van der Waals surface area contributed by atoms with Crippen LogP contribution in [0.25, 0.3) is 11.1 Å². The number of hydrogen-bond donors (Lipinski definition) is 1. The highest BCUT2D eigenvalue weighted by atomic mass is 32.1. The summed E-state index contributed by atoms with van der Waals surface area (Å²) < 4.78 is 5.30. The Morgan fingerprint density at radius 3 is 2.50 bits per heavy atom. The van der Waals surface area contributed by atoms with Crippen LogP contribution < -0.4 is 10.5 Å². The first kappa shape index (κ1) is 11.0. The molecule has 0 aliphatic rings. The van der Waals surface area contributed by atoms with Crippen LogP contribution in [0.1, 0.15) is 11.1 Å². The van der Waals surface area contributed by atoms with Gasteiger partial charge in [-0.3, -0.25) is 0 Å². The molecule has 0 aliphatic heterocycles. The van der Waals surface area contributed by atoms with E-state index in [0.29, 0.717) is 0 Å². The molecule has 0 radical (unpaired) electrons. The second-order valence-electron chi connectivity index (χ2n) is 3.80. The molecule has 0 bridgehead atoms. The summed E-state index contributed by atoms with van der Waals surface area (Å²) in [4.78, 5) is 0. The van der Waals surface area contributed by atoms with Gasteiger partial charge in [-0.25, -0.2) is 0 Å². The van der Waals surface area contributed by atoms with Gasteiger partial charge in [-0.15, -0.1) is 11.3 Å². The molecule has 0 amide bonds. The van der Waals surface area contributed by atoms with Crippen molar-refractivity contribution in [2.24, 2.45) is 0 Å². The number of methoxy groups -OCH3 is 1. The van der Waals surface area contributed by atoms with Gasteiger partial charge in [-0.2, -0.15) is 0 Å². The molecule has 2 nitrogen and oxygen atoms in total. The normalized spacial score (nSPS) is 10.4. The van der Waals surface area contributed by atoms with Crippen molar-refractivity contribution in [3.63, 3.8) is 0 Å². The Labute approximate surface area is 99.7 Å². The molecule has 0 fully saturated rings. The van der Waals surface area contributed by atoms with E-state index >= 15 is 0 Å². The molecule has 16 heavy (non-hydrogen) atoms. The number of benzene rings is 1. The van der Waals surface area contributed by atoms with E-state index < -0.39 is 0 Å². The zero-order chi connectivity index (χ0) is 11.7. The number of thiophene rings is 1. The molecule has 2 N–H and O–H groups in total. The van der Waals surface area contributed by atoms with E-state index in [4.69, 9.17) is 10.5 Å². The molecule has 3 heteroatoms. The summed E-state index contributed by atoms with van der Waals surface area (Å²) in [6.45, 7) is 4.19. The van der Waals surface area contributed by atoms with Gasteiger partial charge in [0.25, 0.3) is 0 Å². The lowest BCUT2D eigenvalue weighted by molar-refractivity contribution is 0.411. The maximum absolute atomic E-state index is 5.75. The van der Waals surface area contributed by atoms with E-state index in [0.717, 1.165) is 10.8 Å². The quantitative estimate of drug-likeness (QED) is 0.859. The van der Waals surface area contributed by atoms with Gasteiger partial charge < -0.3 is 10.5 Å². The number of nitrogen functional groups attached to an aromatic ring is 1. The Bertz CT molecular complexity index is 517. The van der Waals surface area contributed by atoms with Crippen LogP contribution in [0.4, 0.5) is 5.00 Å². The number of hydrogen-bond acceptors (Lipinski definition) is 3. The monoisotopic (exact) mass is 233 g/mol. The minimum Gasteiger partial charge on any atom is -0.496 e. The number of ether oxygens (including phenoxy) is 1. The number of nitrogens with two attached hydrogens (primary N) is 1. The highest BCUT2D eigenvalue weighted by molar-refractivity contribution is 7.14. The fraction of sp³-hybridized carbons (Fsp3) is 0.231. The lowest BCUT2D eigenvalue weighted by Crippen LogP contribution is -1.92. The molecule has 1 aromatic carbocycles. The van der Waals surface area contributed by atoms with Gasteiger partial charge in [0.2, 0.25) is 0 Å². The number of rotatable bonds is 2. The van der Waals surface area contributed by atoms with Gasteiger partial charge in [-0.1, -0.05) is 6.07 Å². The molecule has 2 rings (SSSR count). The predicted octanol–water partition coefficient (Wildman–Crippen LogP) is 3.62. The summed E-state index contributed by atoms with van der Waals surface area (Å²) in [6, 6.07) is 6.10. The van der Waals surface area contributed by atoms with Crippen molar-refractivity contribution in [3.05, 3.63) is 34.7 Å². The Kier molecular flexibility index (Phi) is 2.88. The summed E-state index contributed by atoms with van der Waals surface area (Å²) in [6.07, 6.45) is 0. The molecular formula is C13H15NOS. The van der Waals surface area contributed by atoms with Crippen molar-refractivity contribution in [1.82, 2.24) is 0 Å². The topological polar surface area (TPSA) is 35.2 Å². The van der Waals surface area contributed by atoms with Crippen LogP contribution in [0.5, 0.6) is 5.75 Å². The highest BCUT2D eigenvalue weighted by Gasteiger charge is 2.09. The molecule has 0 unspecified atom stereocenters. The van der Waals surface area contributed by atoms with Crippen LogP contribution in [0, 0.1) is 13.8 Å². The van der Waals surface area contributed by atoms with Crippen molar-refractivity contribution in [2.75, 3.05) is 12.8 Å². The van der Waals surface area contributed by atoms with E-state index in [1.807, 2.05) is 12.1 Å². The largest absolute Gasteiger partial charge is 0.496 e. The highest BCUT2D eigenvalue weighted by Crippen LogP contribution is 2.33.